The van der Waals surface area contributed by atoms with Crippen LogP contribution in [0.3, 0.4) is 0 Å². The van der Waals surface area contributed by atoms with Crippen molar-refractivity contribution in [1.29, 1.82) is 0 Å². The largest absolute Gasteiger partial charge is 0.451 e. The van der Waals surface area contributed by atoms with E-state index in [9.17, 15) is 13.2 Å². The van der Waals surface area contributed by atoms with Crippen LogP contribution < -0.4 is 5.32 Å². The highest BCUT2D eigenvalue weighted by Gasteiger charge is 2.30. The predicted molar refractivity (Wildman–Crippen MR) is 80.2 cm³/mol. The molecule has 2 heterocycles. The van der Waals surface area contributed by atoms with Gasteiger partial charge in [0.05, 0.1) is 11.5 Å². The Balaban J connectivity index is 1.87. The molecule has 3 rings (SSSR count). The number of sulfone groups is 1. The zero-order valence-corrected chi connectivity index (χ0v) is 12.8. The molecular formula is C15H17NO4S. The van der Waals surface area contributed by atoms with Gasteiger partial charge in [0, 0.05) is 17.0 Å². The smallest absolute Gasteiger partial charge is 0.287 e. The first kappa shape index (κ1) is 14.1. The van der Waals surface area contributed by atoms with Crippen LogP contribution in [-0.2, 0) is 9.84 Å². The quantitative estimate of drug-likeness (QED) is 0.920. The number of benzene rings is 1. The van der Waals surface area contributed by atoms with Gasteiger partial charge in [0.15, 0.2) is 15.6 Å². The number of aryl methyl sites for hydroxylation is 2. The van der Waals surface area contributed by atoms with Crippen molar-refractivity contribution in [1.82, 2.24) is 5.32 Å². The highest BCUT2D eigenvalue weighted by Crippen LogP contribution is 2.26. The fraction of sp³-hybridized carbons (Fsp3) is 0.400. The topological polar surface area (TPSA) is 76.4 Å². The van der Waals surface area contributed by atoms with E-state index in [0.717, 1.165) is 16.5 Å². The molecular weight excluding hydrogens is 290 g/mol. The Bertz CT molecular complexity index is 820. The molecule has 0 radical (unpaired) electrons. The van der Waals surface area contributed by atoms with Gasteiger partial charge in [-0.05, 0) is 32.4 Å². The number of carbonyl (C=O) groups excluding carboxylic acids is 1. The molecule has 0 unspecified atom stereocenters. The van der Waals surface area contributed by atoms with E-state index in [4.69, 9.17) is 4.42 Å². The minimum absolute atomic E-state index is 0.0110. The van der Waals surface area contributed by atoms with Gasteiger partial charge < -0.3 is 9.73 Å². The Morgan fingerprint density at radius 1 is 1.33 bits per heavy atom. The third kappa shape index (κ3) is 2.68. The average Bonchev–Trinajstić information content (AvgIpc) is 2.90. The molecule has 1 aromatic carbocycles. The Labute approximate surface area is 123 Å². The van der Waals surface area contributed by atoms with Crippen LogP contribution in [0.15, 0.2) is 22.6 Å². The molecule has 0 bridgehead atoms. The van der Waals surface area contributed by atoms with Crippen molar-refractivity contribution in [3.05, 3.63) is 35.1 Å². The molecule has 1 atom stereocenters. The highest BCUT2D eigenvalue weighted by atomic mass is 32.2. The minimum atomic E-state index is -3.01. The second-order valence-electron chi connectivity index (χ2n) is 5.63. The van der Waals surface area contributed by atoms with E-state index in [1.54, 1.807) is 0 Å². The zero-order chi connectivity index (χ0) is 15.2. The van der Waals surface area contributed by atoms with Gasteiger partial charge in [0.25, 0.3) is 5.91 Å². The fourth-order valence-corrected chi connectivity index (χ4v) is 4.38. The molecule has 0 saturated carbocycles. The van der Waals surface area contributed by atoms with Crippen LogP contribution in [0.1, 0.15) is 28.1 Å². The maximum absolute atomic E-state index is 12.3. The van der Waals surface area contributed by atoms with E-state index in [-0.39, 0.29) is 29.2 Å². The van der Waals surface area contributed by atoms with E-state index in [1.165, 1.54) is 0 Å². The minimum Gasteiger partial charge on any atom is -0.451 e. The monoisotopic (exact) mass is 307 g/mol. The molecule has 112 valence electrons. The molecule has 1 saturated heterocycles. The number of hydrogen-bond acceptors (Lipinski definition) is 4. The number of hydrogen-bond donors (Lipinski definition) is 1. The van der Waals surface area contributed by atoms with Crippen molar-refractivity contribution < 1.29 is 17.6 Å². The first-order valence-electron chi connectivity index (χ1n) is 6.87. The Hall–Kier alpha value is -1.82. The van der Waals surface area contributed by atoms with Gasteiger partial charge in [-0.25, -0.2) is 8.42 Å². The van der Waals surface area contributed by atoms with Gasteiger partial charge in [0.2, 0.25) is 0 Å². The van der Waals surface area contributed by atoms with Crippen molar-refractivity contribution >= 4 is 26.7 Å². The van der Waals surface area contributed by atoms with Gasteiger partial charge in [-0.15, -0.1) is 0 Å². The molecule has 1 aliphatic heterocycles. The maximum atomic E-state index is 12.3. The summed E-state index contributed by atoms with van der Waals surface area (Å²) in [5.41, 5.74) is 2.55. The molecule has 0 aliphatic carbocycles. The first-order chi connectivity index (χ1) is 9.85. The molecule has 5 nitrogen and oxygen atoms in total. The van der Waals surface area contributed by atoms with Crippen molar-refractivity contribution in [3.8, 4) is 0 Å². The van der Waals surface area contributed by atoms with Crippen molar-refractivity contribution in [3.63, 3.8) is 0 Å². The summed E-state index contributed by atoms with van der Waals surface area (Å²) in [4.78, 5) is 12.3. The Kier molecular flexibility index (Phi) is 3.28. The Morgan fingerprint density at radius 2 is 2.10 bits per heavy atom. The summed E-state index contributed by atoms with van der Waals surface area (Å²) < 4.78 is 28.5. The van der Waals surface area contributed by atoms with Crippen LogP contribution in [0, 0.1) is 13.8 Å². The molecule has 0 spiro atoms. The molecule has 1 fully saturated rings. The normalized spacial score (nSPS) is 20.8. The molecule has 6 heteroatoms. The lowest BCUT2D eigenvalue weighted by Crippen LogP contribution is -2.35. The number of furan rings is 1. The van der Waals surface area contributed by atoms with E-state index < -0.39 is 9.84 Å². The van der Waals surface area contributed by atoms with Crippen LogP contribution in [-0.4, -0.2) is 31.9 Å². The number of amides is 1. The van der Waals surface area contributed by atoms with E-state index in [2.05, 4.69) is 5.32 Å². The van der Waals surface area contributed by atoms with Crippen LogP contribution in [0.4, 0.5) is 0 Å². The van der Waals surface area contributed by atoms with Crippen LogP contribution in [0.5, 0.6) is 0 Å². The van der Waals surface area contributed by atoms with E-state index >= 15 is 0 Å². The molecule has 21 heavy (non-hydrogen) atoms. The Morgan fingerprint density at radius 3 is 2.76 bits per heavy atom. The van der Waals surface area contributed by atoms with Gasteiger partial charge in [-0.1, -0.05) is 11.6 Å². The van der Waals surface area contributed by atoms with Crippen LogP contribution >= 0.6 is 0 Å². The second-order valence-corrected chi connectivity index (χ2v) is 7.86. The van der Waals surface area contributed by atoms with Gasteiger partial charge in [0.1, 0.15) is 5.58 Å². The van der Waals surface area contributed by atoms with Gasteiger partial charge in [-0.3, -0.25) is 4.79 Å². The number of rotatable bonds is 2. The summed E-state index contributed by atoms with van der Waals surface area (Å²) >= 11 is 0. The van der Waals surface area contributed by atoms with Crippen molar-refractivity contribution in [2.75, 3.05) is 11.5 Å². The predicted octanol–water partition coefficient (Wildman–Crippen LogP) is 1.97. The first-order valence-corrected chi connectivity index (χ1v) is 8.69. The number of carbonyl (C=O) groups is 1. The lowest BCUT2D eigenvalue weighted by molar-refractivity contribution is 0.0914. The average molecular weight is 307 g/mol. The molecule has 1 aliphatic rings. The zero-order valence-electron chi connectivity index (χ0n) is 12.0. The maximum Gasteiger partial charge on any atom is 0.287 e. The highest BCUT2D eigenvalue weighted by molar-refractivity contribution is 7.91. The summed E-state index contributed by atoms with van der Waals surface area (Å²) in [6.45, 7) is 3.82. The summed E-state index contributed by atoms with van der Waals surface area (Å²) in [5.74, 6) is 0.0660. The van der Waals surface area contributed by atoms with E-state index in [0.29, 0.717) is 12.0 Å². The third-order valence-corrected chi connectivity index (χ3v) is 5.63. The van der Waals surface area contributed by atoms with Gasteiger partial charge in [-0.2, -0.15) is 0 Å². The van der Waals surface area contributed by atoms with E-state index in [1.807, 2.05) is 32.0 Å². The number of fused-ring (bicyclic) bond motifs is 1. The van der Waals surface area contributed by atoms with Crippen LogP contribution in [0.25, 0.3) is 11.0 Å². The molecule has 1 N–H and O–H groups in total. The summed E-state index contributed by atoms with van der Waals surface area (Å²) in [5, 5.41) is 3.67. The molecule has 2 aromatic rings. The fourth-order valence-electron chi connectivity index (χ4n) is 2.71. The summed E-state index contributed by atoms with van der Waals surface area (Å²) in [7, 11) is -3.01. The molecule has 1 aromatic heterocycles. The summed E-state index contributed by atoms with van der Waals surface area (Å²) in [6, 6.07) is 5.42. The lowest BCUT2D eigenvalue weighted by atomic mass is 10.1. The van der Waals surface area contributed by atoms with Crippen LogP contribution in [0.2, 0.25) is 0 Å². The van der Waals surface area contributed by atoms with Gasteiger partial charge >= 0.3 is 0 Å². The van der Waals surface area contributed by atoms with Crippen molar-refractivity contribution in [2.45, 2.75) is 26.3 Å². The molecule has 1 amide bonds. The third-order valence-electron chi connectivity index (χ3n) is 3.87. The number of nitrogens with one attached hydrogen (secondary N) is 1. The lowest BCUT2D eigenvalue weighted by Gasteiger charge is -2.09. The summed E-state index contributed by atoms with van der Waals surface area (Å²) in [6.07, 6.45) is 0.465. The standard InChI is InChI=1S/C15H17NO4S/c1-9-3-4-13-12(7-9)10(2)14(20-13)15(17)16-11-5-6-21(18,19)8-11/h3-4,7,11H,5-6,8H2,1-2H3,(H,16,17)/t11-/m1/s1. The second kappa shape index (κ2) is 4.87. The van der Waals surface area contributed by atoms with Crippen molar-refractivity contribution in [2.24, 2.45) is 0 Å². The SMILES string of the molecule is Cc1ccc2oc(C(=O)N[C@@H]3CCS(=O)(=O)C3)c(C)c2c1.